The van der Waals surface area contributed by atoms with Crippen molar-refractivity contribution in [1.82, 2.24) is 14.9 Å². The Morgan fingerprint density at radius 3 is 2.56 bits per heavy atom. The maximum atomic E-state index is 12.6. The molecule has 0 spiro atoms. The van der Waals surface area contributed by atoms with Gasteiger partial charge in [-0.3, -0.25) is 19.0 Å². The number of amides is 1. The van der Waals surface area contributed by atoms with Gasteiger partial charge in [0, 0.05) is 12.5 Å². The zero-order valence-electron chi connectivity index (χ0n) is 15.1. The maximum Gasteiger partial charge on any atom is 0.328 e. The number of benzene rings is 1. The lowest BCUT2D eigenvalue weighted by Crippen LogP contribution is -2.43. The summed E-state index contributed by atoms with van der Waals surface area (Å²) in [5.41, 5.74) is -0.199. The van der Waals surface area contributed by atoms with Crippen LogP contribution in [0.1, 0.15) is 32.6 Å². The number of aromatic nitrogens is 2. The number of para-hydroxylation sites is 1. The van der Waals surface area contributed by atoms with Gasteiger partial charge in [0.15, 0.2) is 0 Å². The van der Waals surface area contributed by atoms with Crippen LogP contribution in [0.5, 0.6) is 0 Å². The number of carbonyl (C=O) groups excluding carboxylic acids is 1. The quantitative estimate of drug-likeness (QED) is 0.724. The Balaban J connectivity index is 1.65. The molecule has 1 fully saturated rings. The molecule has 1 aromatic carbocycles. The van der Waals surface area contributed by atoms with Gasteiger partial charge in [0.05, 0.1) is 10.9 Å². The number of fused-ring (bicyclic) bond motifs is 1. The van der Waals surface area contributed by atoms with E-state index >= 15 is 0 Å². The molecule has 1 heterocycles. The average molecular weight is 373 g/mol. The van der Waals surface area contributed by atoms with Gasteiger partial charge in [-0.25, -0.2) is 4.79 Å². The van der Waals surface area contributed by atoms with E-state index in [0.717, 1.165) is 0 Å². The Morgan fingerprint density at radius 1 is 1.22 bits per heavy atom. The average Bonchev–Trinajstić information content (AvgIpc) is 2.65. The van der Waals surface area contributed by atoms with E-state index in [1.807, 2.05) is 0 Å². The van der Waals surface area contributed by atoms with Gasteiger partial charge < -0.3 is 15.4 Å². The van der Waals surface area contributed by atoms with Crippen molar-refractivity contribution < 1.29 is 14.7 Å². The standard InChI is InChI=1S/C19H23N3O5/c1-11(18(25)26)20-16(23)13-8-6-12(7-9-13)10-22-17(24)14-4-2-3-5-15(14)21-19(22)27/h2-5,11-13H,6-10H2,1H3,(H,20,23)(H,21,27)(H,25,26)/t11-,12?,13?/m0/s1. The minimum absolute atomic E-state index is 0.130. The van der Waals surface area contributed by atoms with E-state index < -0.39 is 17.7 Å². The van der Waals surface area contributed by atoms with E-state index in [2.05, 4.69) is 10.3 Å². The highest BCUT2D eigenvalue weighted by Crippen LogP contribution is 2.29. The molecule has 3 rings (SSSR count). The van der Waals surface area contributed by atoms with E-state index in [0.29, 0.717) is 43.1 Å². The van der Waals surface area contributed by atoms with Crippen molar-refractivity contribution in [2.45, 2.75) is 45.2 Å². The Hall–Kier alpha value is -2.90. The van der Waals surface area contributed by atoms with Crippen LogP contribution in [-0.2, 0) is 16.1 Å². The molecule has 1 aromatic heterocycles. The molecule has 27 heavy (non-hydrogen) atoms. The second kappa shape index (κ2) is 7.77. The number of aliphatic carboxylic acids is 1. The second-order valence-corrected chi connectivity index (χ2v) is 7.18. The predicted molar refractivity (Wildman–Crippen MR) is 99.5 cm³/mol. The highest BCUT2D eigenvalue weighted by molar-refractivity contribution is 5.84. The molecule has 144 valence electrons. The van der Waals surface area contributed by atoms with E-state index in [-0.39, 0.29) is 23.3 Å². The Kier molecular flexibility index (Phi) is 5.43. The summed E-state index contributed by atoms with van der Waals surface area (Å²) in [4.78, 5) is 50.6. The van der Waals surface area contributed by atoms with Crippen molar-refractivity contribution in [2.75, 3.05) is 0 Å². The van der Waals surface area contributed by atoms with E-state index in [1.165, 1.54) is 11.5 Å². The largest absolute Gasteiger partial charge is 0.480 e. The van der Waals surface area contributed by atoms with Crippen LogP contribution in [0.25, 0.3) is 10.9 Å². The molecular formula is C19H23N3O5. The molecule has 0 unspecified atom stereocenters. The molecule has 2 aromatic rings. The summed E-state index contributed by atoms with van der Waals surface area (Å²) in [6, 6.07) is 6.00. The number of carboxylic acid groups (broad SMARTS) is 1. The summed E-state index contributed by atoms with van der Waals surface area (Å²) in [6.07, 6.45) is 2.64. The van der Waals surface area contributed by atoms with E-state index in [9.17, 15) is 19.2 Å². The number of nitrogens with zero attached hydrogens (tertiary/aromatic N) is 1. The van der Waals surface area contributed by atoms with E-state index in [1.54, 1.807) is 24.3 Å². The number of nitrogens with one attached hydrogen (secondary N) is 2. The summed E-state index contributed by atoms with van der Waals surface area (Å²) in [7, 11) is 0. The van der Waals surface area contributed by atoms with Crippen molar-refractivity contribution in [1.29, 1.82) is 0 Å². The van der Waals surface area contributed by atoms with Crippen molar-refractivity contribution in [3.8, 4) is 0 Å². The van der Waals surface area contributed by atoms with Crippen LogP contribution in [0.4, 0.5) is 0 Å². The van der Waals surface area contributed by atoms with Gasteiger partial charge in [-0.15, -0.1) is 0 Å². The Bertz CT molecular complexity index is 969. The highest BCUT2D eigenvalue weighted by Gasteiger charge is 2.28. The molecule has 0 aliphatic heterocycles. The first-order valence-electron chi connectivity index (χ1n) is 9.12. The van der Waals surface area contributed by atoms with Crippen LogP contribution in [0.15, 0.2) is 33.9 Å². The first kappa shape index (κ1) is 18.9. The number of hydrogen-bond donors (Lipinski definition) is 3. The zero-order valence-corrected chi connectivity index (χ0v) is 15.1. The van der Waals surface area contributed by atoms with Gasteiger partial charge in [-0.05, 0) is 50.7 Å². The lowest BCUT2D eigenvalue weighted by molar-refractivity contribution is -0.142. The number of H-pyrrole nitrogens is 1. The minimum Gasteiger partial charge on any atom is -0.480 e. The fourth-order valence-electron chi connectivity index (χ4n) is 3.62. The molecule has 3 N–H and O–H groups in total. The monoisotopic (exact) mass is 373 g/mol. The van der Waals surface area contributed by atoms with Gasteiger partial charge in [0.25, 0.3) is 5.56 Å². The molecular weight excluding hydrogens is 350 g/mol. The summed E-state index contributed by atoms with van der Waals surface area (Å²) in [6.45, 7) is 1.75. The lowest BCUT2D eigenvalue weighted by atomic mass is 9.81. The fraction of sp³-hybridized carbons (Fsp3) is 0.474. The van der Waals surface area contributed by atoms with Gasteiger partial charge >= 0.3 is 11.7 Å². The first-order valence-corrected chi connectivity index (χ1v) is 9.12. The molecule has 1 atom stereocenters. The third-order valence-electron chi connectivity index (χ3n) is 5.28. The van der Waals surface area contributed by atoms with Crippen LogP contribution < -0.4 is 16.6 Å². The number of hydrogen-bond acceptors (Lipinski definition) is 4. The summed E-state index contributed by atoms with van der Waals surface area (Å²) < 4.78 is 1.24. The van der Waals surface area contributed by atoms with Crippen molar-refractivity contribution in [3.05, 3.63) is 45.1 Å². The predicted octanol–water partition coefficient (Wildman–Crippen LogP) is 1.09. The topological polar surface area (TPSA) is 121 Å². The van der Waals surface area contributed by atoms with Gasteiger partial charge in [0.2, 0.25) is 5.91 Å². The number of carboxylic acids is 1. The molecule has 0 saturated heterocycles. The number of carbonyl (C=O) groups is 2. The van der Waals surface area contributed by atoms with E-state index in [4.69, 9.17) is 5.11 Å². The van der Waals surface area contributed by atoms with Crippen LogP contribution in [0, 0.1) is 11.8 Å². The second-order valence-electron chi connectivity index (χ2n) is 7.18. The number of rotatable bonds is 5. The third-order valence-corrected chi connectivity index (χ3v) is 5.28. The normalized spacial score (nSPS) is 20.9. The SMILES string of the molecule is C[C@H](NC(=O)C1CCC(Cn2c(=O)[nH]c3ccccc3c2=O)CC1)C(=O)O. The summed E-state index contributed by atoms with van der Waals surface area (Å²) in [5, 5.41) is 11.9. The molecule has 1 amide bonds. The summed E-state index contributed by atoms with van der Waals surface area (Å²) in [5.74, 6) is -1.41. The molecule has 1 aliphatic rings. The van der Waals surface area contributed by atoms with Crippen LogP contribution in [-0.4, -0.2) is 32.6 Å². The molecule has 8 heteroatoms. The van der Waals surface area contributed by atoms with Gasteiger partial charge in [0.1, 0.15) is 6.04 Å². The molecule has 1 aliphatic carbocycles. The highest BCUT2D eigenvalue weighted by atomic mass is 16.4. The smallest absolute Gasteiger partial charge is 0.328 e. The summed E-state index contributed by atoms with van der Waals surface area (Å²) >= 11 is 0. The van der Waals surface area contributed by atoms with Crippen molar-refractivity contribution in [3.63, 3.8) is 0 Å². The van der Waals surface area contributed by atoms with Gasteiger partial charge in [-0.1, -0.05) is 12.1 Å². The Labute approximate surface area is 155 Å². The molecule has 0 bridgehead atoms. The van der Waals surface area contributed by atoms with Crippen LogP contribution in [0.3, 0.4) is 0 Å². The third kappa shape index (κ3) is 4.10. The number of aromatic amines is 1. The Morgan fingerprint density at radius 2 is 1.89 bits per heavy atom. The first-order chi connectivity index (χ1) is 12.9. The maximum absolute atomic E-state index is 12.6. The van der Waals surface area contributed by atoms with Crippen LogP contribution in [0.2, 0.25) is 0 Å². The zero-order chi connectivity index (χ0) is 19.6. The van der Waals surface area contributed by atoms with Crippen LogP contribution >= 0.6 is 0 Å². The molecule has 8 nitrogen and oxygen atoms in total. The fourth-order valence-corrected chi connectivity index (χ4v) is 3.62. The van der Waals surface area contributed by atoms with Gasteiger partial charge in [-0.2, -0.15) is 0 Å². The molecule has 1 saturated carbocycles. The molecule has 0 radical (unpaired) electrons. The van der Waals surface area contributed by atoms with Crippen molar-refractivity contribution in [2.24, 2.45) is 11.8 Å². The van der Waals surface area contributed by atoms with Crippen molar-refractivity contribution >= 4 is 22.8 Å². The minimum atomic E-state index is -1.06. The lowest BCUT2D eigenvalue weighted by Gasteiger charge is -2.28.